The highest BCUT2D eigenvalue weighted by atomic mass is 16.4. The van der Waals surface area contributed by atoms with Gasteiger partial charge in [-0.1, -0.05) is 42.5 Å². The minimum absolute atomic E-state index is 0.107. The lowest BCUT2D eigenvalue weighted by Gasteiger charge is -2.36. The molecule has 3 aromatic rings. The van der Waals surface area contributed by atoms with E-state index in [1.165, 1.54) is 0 Å². The predicted octanol–water partition coefficient (Wildman–Crippen LogP) is 2.90. The Hall–Kier alpha value is -3.94. The number of aromatic nitrogens is 2. The first kappa shape index (κ1) is 21.9. The molecule has 0 radical (unpaired) electrons. The number of fused-ring (bicyclic) bond motifs is 1. The van der Waals surface area contributed by atoms with E-state index in [4.69, 9.17) is 5.11 Å². The number of carboxylic acid groups (broad SMARTS) is 1. The number of aromatic carboxylic acids is 1. The predicted molar refractivity (Wildman–Crippen MR) is 124 cm³/mol. The average Bonchev–Trinajstić information content (AvgIpc) is 3.61. The van der Waals surface area contributed by atoms with Crippen molar-refractivity contribution in [1.82, 2.24) is 19.8 Å². The minimum atomic E-state index is -0.975. The summed E-state index contributed by atoms with van der Waals surface area (Å²) in [7, 11) is 0. The van der Waals surface area contributed by atoms with Crippen molar-refractivity contribution >= 4 is 17.8 Å². The summed E-state index contributed by atoms with van der Waals surface area (Å²) in [5, 5.41) is 12.0. The monoisotopic (exact) mass is 458 g/mol. The number of carbonyl (C=O) groups excluding carboxylic acids is 2. The van der Waals surface area contributed by atoms with Crippen molar-refractivity contribution in [2.45, 2.75) is 31.8 Å². The van der Waals surface area contributed by atoms with Gasteiger partial charge in [-0.15, -0.1) is 0 Å². The lowest BCUT2D eigenvalue weighted by atomic mass is 10.0. The number of rotatable bonds is 7. The van der Waals surface area contributed by atoms with Crippen LogP contribution in [-0.4, -0.2) is 50.4 Å². The molecule has 1 aliphatic carbocycles. The van der Waals surface area contributed by atoms with Gasteiger partial charge in [-0.2, -0.15) is 0 Å². The van der Waals surface area contributed by atoms with Crippen LogP contribution in [0.15, 0.2) is 60.8 Å². The molecule has 1 aliphatic heterocycles. The summed E-state index contributed by atoms with van der Waals surface area (Å²) >= 11 is 0. The van der Waals surface area contributed by atoms with Crippen molar-refractivity contribution in [2.24, 2.45) is 5.92 Å². The van der Waals surface area contributed by atoms with Gasteiger partial charge in [-0.3, -0.25) is 9.59 Å². The largest absolute Gasteiger partial charge is 0.478 e. The molecule has 1 atom stereocenters. The summed E-state index contributed by atoms with van der Waals surface area (Å²) < 4.78 is 1.97. The summed E-state index contributed by atoms with van der Waals surface area (Å²) in [6.07, 6.45) is 4.14. The first-order valence-electron chi connectivity index (χ1n) is 11.5. The standard InChI is InChI=1S/C26H26N4O4/c31-24(27-12-11-17-5-4-8-20(15-17)26(33)34)21-16-29-13-14-30(25(32)19-9-10-19)22(23(29)28-21)18-6-2-1-3-7-18/h1-8,15-16,19,22H,9-14H2,(H,27,31)(H,33,34). The van der Waals surface area contributed by atoms with E-state index < -0.39 is 5.97 Å². The Kier molecular flexibility index (Phi) is 5.88. The van der Waals surface area contributed by atoms with Crippen LogP contribution in [0.25, 0.3) is 0 Å². The molecule has 5 rings (SSSR count). The number of benzene rings is 2. The third kappa shape index (κ3) is 4.44. The van der Waals surface area contributed by atoms with Crippen LogP contribution in [0, 0.1) is 5.92 Å². The molecule has 8 nitrogen and oxygen atoms in total. The fourth-order valence-corrected chi connectivity index (χ4v) is 4.46. The Morgan fingerprint density at radius 1 is 1.03 bits per heavy atom. The third-order valence-corrected chi connectivity index (χ3v) is 6.38. The molecule has 2 heterocycles. The van der Waals surface area contributed by atoms with Gasteiger partial charge in [0.2, 0.25) is 5.91 Å². The van der Waals surface area contributed by atoms with E-state index in [0.29, 0.717) is 37.6 Å². The molecule has 0 spiro atoms. The molecule has 8 heteroatoms. The lowest BCUT2D eigenvalue weighted by Crippen LogP contribution is -2.43. The second kappa shape index (κ2) is 9.13. The Morgan fingerprint density at radius 2 is 1.82 bits per heavy atom. The van der Waals surface area contributed by atoms with Crippen molar-refractivity contribution in [2.75, 3.05) is 13.1 Å². The van der Waals surface area contributed by atoms with Gasteiger partial charge in [0, 0.05) is 31.7 Å². The number of nitrogens with one attached hydrogen (secondary N) is 1. The SMILES string of the molecule is O=C(O)c1cccc(CCNC(=O)c2cn3c(n2)C(c2ccccc2)N(C(=O)C2CC2)CC3)c1. The van der Waals surface area contributed by atoms with Crippen LogP contribution < -0.4 is 5.32 Å². The maximum atomic E-state index is 13.0. The zero-order valence-electron chi connectivity index (χ0n) is 18.7. The number of carbonyl (C=O) groups is 3. The molecule has 1 aromatic heterocycles. The van der Waals surface area contributed by atoms with Gasteiger partial charge in [-0.25, -0.2) is 9.78 Å². The fourth-order valence-electron chi connectivity index (χ4n) is 4.46. The highest BCUT2D eigenvalue weighted by Crippen LogP contribution is 2.38. The van der Waals surface area contributed by atoms with Crippen LogP contribution in [0.5, 0.6) is 0 Å². The van der Waals surface area contributed by atoms with Crippen LogP contribution in [0.2, 0.25) is 0 Å². The first-order chi connectivity index (χ1) is 16.5. The zero-order chi connectivity index (χ0) is 23.7. The van der Waals surface area contributed by atoms with Crippen LogP contribution in [0.4, 0.5) is 0 Å². The average molecular weight is 459 g/mol. The van der Waals surface area contributed by atoms with Crippen molar-refractivity contribution in [3.63, 3.8) is 0 Å². The van der Waals surface area contributed by atoms with E-state index in [-0.39, 0.29) is 29.3 Å². The van der Waals surface area contributed by atoms with Gasteiger partial charge in [0.1, 0.15) is 17.6 Å². The van der Waals surface area contributed by atoms with Gasteiger partial charge in [-0.05, 0) is 42.5 Å². The molecule has 2 amide bonds. The summed E-state index contributed by atoms with van der Waals surface area (Å²) in [5.74, 6) is -0.293. The lowest BCUT2D eigenvalue weighted by molar-refractivity contribution is -0.135. The number of amides is 2. The van der Waals surface area contributed by atoms with Crippen molar-refractivity contribution in [3.8, 4) is 0 Å². The van der Waals surface area contributed by atoms with Crippen LogP contribution in [-0.2, 0) is 17.8 Å². The number of nitrogens with zero attached hydrogens (tertiary/aromatic N) is 3. The van der Waals surface area contributed by atoms with E-state index in [1.807, 2.05) is 45.9 Å². The van der Waals surface area contributed by atoms with Crippen LogP contribution in [0.1, 0.15) is 56.7 Å². The second-order valence-electron chi connectivity index (χ2n) is 8.81. The van der Waals surface area contributed by atoms with Gasteiger partial charge in [0.25, 0.3) is 5.91 Å². The molecule has 1 saturated carbocycles. The van der Waals surface area contributed by atoms with Crippen LogP contribution in [0.3, 0.4) is 0 Å². The Bertz CT molecular complexity index is 1230. The maximum absolute atomic E-state index is 13.0. The molecular formula is C26H26N4O4. The van der Waals surface area contributed by atoms with E-state index >= 15 is 0 Å². The molecule has 174 valence electrons. The summed E-state index contributed by atoms with van der Waals surface area (Å²) in [6.45, 7) is 1.54. The second-order valence-corrected chi connectivity index (χ2v) is 8.81. The number of hydrogen-bond acceptors (Lipinski definition) is 4. The summed E-state index contributed by atoms with van der Waals surface area (Å²) in [6, 6.07) is 16.2. The summed E-state index contributed by atoms with van der Waals surface area (Å²) in [5.41, 5.74) is 2.36. The van der Waals surface area contributed by atoms with E-state index in [9.17, 15) is 14.4 Å². The molecule has 2 aromatic carbocycles. The van der Waals surface area contributed by atoms with E-state index in [2.05, 4.69) is 10.3 Å². The molecule has 0 saturated heterocycles. The van der Waals surface area contributed by atoms with Gasteiger partial charge < -0.3 is 19.9 Å². The quantitative estimate of drug-likeness (QED) is 0.567. The number of imidazole rings is 1. The van der Waals surface area contributed by atoms with E-state index in [0.717, 1.165) is 24.0 Å². The highest BCUT2D eigenvalue weighted by molar-refractivity contribution is 5.92. The van der Waals surface area contributed by atoms with Crippen LogP contribution >= 0.6 is 0 Å². The topological polar surface area (TPSA) is 105 Å². The molecule has 34 heavy (non-hydrogen) atoms. The third-order valence-electron chi connectivity index (χ3n) is 6.38. The highest BCUT2D eigenvalue weighted by Gasteiger charge is 2.40. The van der Waals surface area contributed by atoms with Crippen molar-refractivity contribution in [1.29, 1.82) is 0 Å². The molecule has 1 unspecified atom stereocenters. The van der Waals surface area contributed by atoms with E-state index in [1.54, 1.807) is 24.4 Å². The van der Waals surface area contributed by atoms with Gasteiger partial charge >= 0.3 is 5.97 Å². The molecule has 2 N–H and O–H groups in total. The molecular weight excluding hydrogens is 432 g/mol. The normalized spacial score (nSPS) is 17.2. The van der Waals surface area contributed by atoms with Crippen molar-refractivity contribution in [3.05, 3.63) is 89.0 Å². The minimum Gasteiger partial charge on any atom is -0.478 e. The first-order valence-corrected chi connectivity index (χ1v) is 11.5. The Labute approximate surface area is 197 Å². The zero-order valence-corrected chi connectivity index (χ0v) is 18.7. The molecule has 2 aliphatic rings. The molecule has 1 fully saturated rings. The number of hydrogen-bond donors (Lipinski definition) is 2. The van der Waals surface area contributed by atoms with Gasteiger partial charge in [0.15, 0.2) is 0 Å². The van der Waals surface area contributed by atoms with Crippen molar-refractivity contribution < 1.29 is 19.5 Å². The number of carboxylic acids is 1. The maximum Gasteiger partial charge on any atom is 0.335 e. The Balaban J connectivity index is 1.32. The van der Waals surface area contributed by atoms with Gasteiger partial charge in [0.05, 0.1) is 5.56 Å². The molecule has 0 bridgehead atoms. The Morgan fingerprint density at radius 3 is 2.56 bits per heavy atom. The fraction of sp³-hybridized carbons (Fsp3) is 0.308. The smallest absolute Gasteiger partial charge is 0.335 e. The summed E-state index contributed by atoms with van der Waals surface area (Å²) in [4.78, 5) is 43.6.